The lowest BCUT2D eigenvalue weighted by atomic mass is 10.1. The second kappa shape index (κ2) is 9.06. The van der Waals surface area contributed by atoms with Gasteiger partial charge in [-0.15, -0.1) is 16.4 Å². The summed E-state index contributed by atoms with van der Waals surface area (Å²) >= 11 is 1.57. The predicted molar refractivity (Wildman–Crippen MR) is 107 cm³/mol. The van der Waals surface area contributed by atoms with Crippen LogP contribution in [0.5, 0.6) is 5.88 Å². The Labute approximate surface area is 164 Å². The van der Waals surface area contributed by atoms with Crippen molar-refractivity contribution in [1.29, 1.82) is 0 Å². The largest absolute Gasteiger partial charge is 0.469 e. The molecule has 6 heteroatoms. The van der Waals surface area contributed by atoms with E-state index in [0.717, 1.165) is 30.1 Å². The van der Waals surface area contributed by atoms with E-state index in [1.165, 1.54) is 37.1 Å². The molecule has 1 aromatic carbocycles. The fourth-order valence-corrected chi connectivity index (χ4v) is 3.83. The molecule has 0 bridgehead atoms. The molecule has 1 aliphatic heterocycles. The van der Waals surface area contributed by atoms with E-state index in [1.54, 1.807) is 17.5 Å². The SMILES string of the molecule is c1csc(COc2ccc(CCc3ccc(CN4CCCC4)cc3)nn2)n1. The van der Waals surface area contributed by atoms with E-state index in [9.17, 15) is 0 Å². The van der Waals surface area contributed by atoms with Gasteiger partial charge in [0.25, 0.3) is 0 Å². The Hall–Kier alpha value is -2.31. The lowest BCUT2D eigenvalue weighted by molar-refractivity contribution is 0.289. The standard InChI is InChI=1S/C21H24N4OS/c1-2-13-25(12-1)15-18-5-3-17(4-6-18)7-8-19-9-10-20(24-23-19)26-16-21-22-11-14-27-21/h3-6,9-11,14H,1-2,7-8,12-13,15-16H2. The summed E-state index contributed by atoms with van der Waals surface area (Å²) < 4.78 is 5.61. The summed E-state index contributed by atoms with van der Waals surface area (Å²) in [6.07, 6.45) is 6.31. The molecule has 0 saturated carbocycles. The summed E-state index contributed by atoms with van der Waals surface area (Å²) in [7, 11) is 0. The second-order valence-corrected chi connectivity index (χ2v) is 7.86. The van der Waals surface area contributed by atoms with Crippen LogP contribution in [0.2, 0.25) is 0 Å². The fourth-order valence-electron chi connectivity index (χ4n) is 3.30. The third-order valence-electron chi connectivity index (χ3n) is 4.82. The third-order valence-corrected chi connectivity index (χ3v) is 5.57. The highest BCUT2D eigenvalue weighted by molar-refractivity contribution is 7.09. The number of benzene rings is 1. The van der Waals surface area contributed by atoms with Crippen LogP contribution in [-0.4, -0.2) is 33.2 Å². The zero-order valence-electron chi connectivity index (χ0n) is 15.4. The Morgan fingerprint density at radius 1 is 0.926 bits per heavy atom. The lowest BCUT2D eigenvalue weighted by Gasteiger charge is -2.14. The van der Waals surface area contributed by atoms with Gasteiger partial charge in [-0.3, -0.25) is 4.90 Å². The van der Waals surface area contributed by atoms with Gasteiger partial charge in [-0.1, -0.05) is 24.3 Å². The van der Waals surface area contributed by atoms with E-state index in [0.29, 0.717) is 12.5 Å². The zero-order valence-corrected chi connectivity index (χ0v) is 16.2. The lowest BCUT2D eigenvalue weighted by Crippen LogP contribution is -2.18. The number of aromatic nitrogens is 3. The van der Waals surface area contributed by atoms with E-state index >= 15 is 0 Å². The molecular formula is C21H24N4OS. The molecule has 0 unspecified atom stereocenters. The van der Waals surface area contributed by atoms with Gasteiger partial charge in [-0.25, -0.2) is 4.98 Å². The Balaban J connectivity index is 1.24. The van der Waals surface area contributed by atoms with Crippen molar-refractivity contribution < 1.29 is 4.74 Å². The van der Waals surface area contributed by atoms with Crippen LogP contribution in [0.15, 0.2) is 48.0 Å². The van der Waals surface area contributed by atoms with Crippen molar-refractivity contribution in [3.63, 3.8) is 0 Å². The van der Waals surface area contributed by atoms with Gasteiger partial charge in [0.1, 0.15) is 11.6 Å². The molecule has 0 aliphatic carbocycles. The van der Waals surface area contributed by atoms with E-state index in [4.69, 9.17) is 4.74 Å². The summed E-state index contributed by atoms with van der Waals surface area (Å²) in [5.41, 5.74) is 3.73. The van der Waals surface area contributed by atoms with Crippen molar-refractivity contribution in [2.45, 2.75) is 38.8 Å². The monoisotopic (exact) mass is 380 g/mol. The molecule has 140 valence electrons. The van der Waals surface area contributed by atoms with Crippen LogP contribution in [0.1, 0.15) is 34.7 Å². The first kappa shape index (κ1) is 18.1. The summed E-state index contributed by atoms with van der Waals surface area (Å²) in [5.74, 6) is 0.542. The highest BCUT2D eigenvalue weighted by Gasteiger charge is 2.11. The smallest absolute Gasteiger partial charge is 0.233 e. The molecule has 1 aliphatic rings. The number of hydrogen-bond donors (Lipinski definition) is 0. The quantitative estimate of drug-likeness (QED) is 0.593. The van der Waals surface area contributed by atoms with Crippen molar-refractivity contribution in [2.75, 3.05) is 13.1 Å². The minimum atomic E-state index is 0.440. The van der Waals surface area contributed by atoms with Crippen molar-refractivity contribution >= 4 is 11.3 Å². The number of thiazole rings is 1. The topological polar surface area (TPSA) is 51.1 Å². The van der Waals surface area contributed by atoms with Gasteiger partial charge in [0, 0.05) is 24.2 Å². The fraction of sp³-hybridized carbons (Fsp3) is 0.381. The minimum Gasteiger partial charge on any atom is -0.469 e. The summed E-state index contributed by atoms with van der Waals surface area (Å²) in [6.45, 7) is 4.00. The third kappa shape index (κ3) is 5.34. The number of likely N-dealkylation sites (tertiary alicyclic amines) is 1. The van der Waals surface area contributed by atoms with Gasteiger partial charge in [-0.2, -0.15) is 5.10 Å². The molecule has 5 nitrogen and oxygen atoms in total. The molecule has 3 heterocycles. The maximum absolute atomic E-state index is 5.61. The zero-order chi connectivity index (χ0) is 18.3. The molecule has 1 fully saturated rings. The van der Waals surface area contributed by atoms with Crippen molar-refractivity contribution in [1.82, 2.24) is 20.1 Å². The Morgan fingerprint density at radius 2 is 1.74 bits per heavy atom. The van der Waals surface area contributed by atoms with Gasteiger partial charge in [0.2, 0.25) is 5.88 Å². The molecule has 27 heavy (non-hydrogen) atoms. The van der Waals surface area contributed by atoms with E-state index in [1.807, 2.05) is 17.5 Å². The first-order chi connectivity index (χ1) is 13.3. The Bertz CT molecular complexity index is 812. The first-order valence-electron chi connectivity index (χ1n) is 9.49. The Morgan fingerprint density at radius 3 is 2.44 bits per heavy atom. The van der Waals surface area contributed by atoms with Crippen molar-refractivity contribution in [3.05, 3.63) is 69.8 Å². The van der Waals surface area contributed by atoms with Gasteiger partial charge in [-0.05, 0) is 56.0 Å². The summed E-state index contributed by atoms with van der Waals surface area (Å²) in [6, 6.07) is 12.9. The Kier molecular flexibility index (Phi) is 6.06. The molecule has 0 N–H and O–H groups in total. The number of aryl methyl sites for hydroxylation is 2. The van der Waals surface area contributed by atoms with Gasteiger partial charge in [0.05, 0.1) is 5.69 Å². The van der Waals surface area contributed by atoms with Gasteiger partial charge >= 0.3 is 0 Å². The number of rotatable bonds is 8. The highest BCUT2D eigenvalue weighted by atomic mass is 32.1. The minimum absolute atomic E-state index is 0.440. The molecule has 4 rings (SSSR count). The van der Waals surface area contributed by atoms with Crippen LogP contribution in [-0.2, 0) is 26.0 Å². The molecule has 0 spiro atoms. The van der Waals surface area contributed by atoms with Crippen LogP contribution in [0.3, 0.4) is 0 Å². The summed E-state index contributed by atoms with van der Waals surface area (Å²) in [5, 5.41) is 11.3. The number of ether oxygens (including phenoxy) is 1. The van der Waals surface area contributed by atoms with Gasteiger partial charge in [0.15, 0.2) is 0 Å². The van der Waals surface area contributed by atoms with E-state index < -0.39 is 0 Å². The molecule has 3 aromatic rings. The van der Waals surface area contributed by atoms with Crippen LogP contribution < -0.4 is 4.74 Å². The number of hydrogen-bond acceptors (Lipinski definition) is 6. The molecule has 0 radical (unpaired) electrons. The second-order valence-electron chi connectivity index (χ2n) is 6.88. The van der Waals surface area contributed by atoms with Crippen molar-refractivity contribution in [2.24, 2.45) is 0 Å². The van der Waals surface area contributed by atoms with Gasteiger partial charge < -0.3 is 4.74 Å². The average Bonchev–Trinajstić information content (AvgIpc) is 3.41. The van der Waals surface area contributed by atoms with E-state index in [2.05, 4.69) is 44.3 Å². The van der Waals surface area contributed by atoms with Crippen molar-refractivity contribution in [3.8, 4) is 5.88 Å². The van der Waals surface area contributed by atoms with Crippen LogP contribution >= 0.6 is 11.3 Å². The maximum Gasteiger partial charge on any atom is 0.233 e. The molecule has 0 amide bonds. The predicted octanol–water partition coefficient (Wildman–Crippen LogP) is 3.89. The molecule has 0 atom stereocenters. The van der Waals surface area contributed by atoms with E-state index in [-0.39, 0.29) is 0 Å². The molecule has 1 saturated heterocycles. The average molecular weight is 381 g/mol. The van der Waals surface area contributed by atoms with Crippen LogP contribution in [0.4, 0.5) is 0 Å². The maximum atomic E-state index is 5.61. The summed E-state index contributed by atoms with van der Waals surface area (Å²) in [4.78, 5) is 6.72. The highest BCUT2D eigenvalue weighted by Crippen LogP contribution is 2.15. The molecular weight excluding hydrogens is 356 g/mol. The van der Waals surface area contributed by atoms with Crippen LogP contribution in [0.25, 0.3) is 0 Å². The number of nitrogens with zero attached hydrogens (tertiary/aromatic N) is 4. The first-order valence-corrected chi connectivity index (χ1v) is 10.4. The normalized spacial score (nSPS) is 14.5. The van der Waals surface area contributed by atoms with Crippen LogP contribution in [0, 0.1) is 0 Å². The molecule has 2 aromatic heterocycles.